The highest BCUT2D eigenvalue weighted by atomic mass is 35.5. The van der Waals surface area contributed by atoms with E-state index in [1.807, 2.05) is 25.3 Å². The number of carbonyl (C=O) groups excluding carboxylic acids is 1. The number of nitrogens with zero attached hydrogens (tertiary/aromatic N) is 3. The van der Waals surface area contributed by atoms with Crippen molar-refractivity contribution in [3.8, 4) is 5.69 Å². The molecule has 1 aliphatic rings. The Kier molecular flexibility index (Phi) is 6.85. The van der Waals surface area contributed by atoms with E-state index >= 15 is 0 Å². The Morgan fingerprint density at radius 2 is 1.79 bits per heavy atom. The SMILES string of the molecule is Cc1cn(CN2CCC(C(=O)NC(C)C(C)C)CC2)c(=O)n1-c1ccc(Cl)cc1. The van der Waals surface area contributed by atoms with Crippen LogP contribution < -0.4 is 11.0 Å². The lowest BCUT2D eigenvalue weighted by Gasteiger charge is -2.32. The molecule has 2 heterocycles. The van der Waals surface area contributed by atoms with Gasteiger partial charge in [-0.2, -0.15) is 0 Å². The number of benzene rings is 1. The van der Waals surface area contributed by atoms with Gasteiger partial charge in [0.1, 0.15) is 0 Å². The van der Waals surface area contributed by atoms with Crippen LogP contribution in [0.4, 0.5) is 0 Å². The van der Waals surface area contributed by atoms with Gasteiger partial charge >= 0.3 is 5.69 Å². The monoisotopic (exact) mass is 418 g/mol. The first-order valence-electron chi connectivity index (χ1n) is 10.3. The van der Waals surface area contributed by atoms with Gasteiger partial charge in [-0.15, -0.1) is 0 Å². The van der Waals surface area contributed by atoms with E-state index in [0.717, 1.165) is 37.3 Å². The van der Waals surface area contributed by atoms with Gasteiger partial charge in [0.05, 0.1) is 12.4 Å². The molecule has 7 heteroatoms. The molecule has 1 fully saturated rings. The van der Waals surface area contributed by atoms with Gasteiger partial charge in [-0.05, 0) is 56.9 Å². The largest absolute Gasteiger partial charge is 0.353 e. The fourth-order valence-corrected chi connectivity index (χ4v) is 3.81. The summed E-state index contributed by atoms with van der Waals surface area (Å²) >= 11 is 5.96. The van der Waals surface area contributed by atoms with Crippen molar-refractivity contribution in [1.82, 2.24) is 19.4 Å². The number of piperidine rings is 1. The minimum absolute atomic E-state index is 0.0598. The minimum Gasteiger partial charge on any atom is -0.353 e. The molecule has 158 valence electrons. The van der Waals surface area contributed by atoms with Gasteiger partial charge in [-0.3, -0.25) is 18.8 Å². The number of carbonyl (C=O) groups is 1. The quantitative estimate of drug-likeness (QED) is 0.781. The first kappa shape index (κ1) is 21.7. The number of hydrogen-bond acceptors (Lipinski definition) is 3. The lowest BCUT2D eigenvalue weighted by Crippen LogP contribution is -2.45. The van der Waals surface area contributed by atoms with Gasteiger partial charge < -0.3 is 5.32 Å². The summed E-state index contributed by atoms with van der Waals surface area (Å²) in [4.78, 5) is 27.6. The lowest BCUT2D eigenvalue weighted by atomic mass is 9.95. The number of nitrogens with one attached hydrogen (secondary N) is 1. The fourth-order valence-electron chi connectivity index (χ4n) is 3.68. The molecule has 1 aliphatic heterocycles. The van der Waals surface area contributed by atoms with Crippen molar-refractivity contribution >= 4 is 17.5 Å². The van der Waals surface area contributed by atoms with Crippen LogP contribution in [0.15, 0.2) is 35.3 Å². The van der Waals surface area contributed by atoms with E-state index in [9.17, 15) is 9.59 Å². The van der Waals surface area contributed by atoms with E-state index in [-0.39, 0.29) is 23.6 Å². The minimum atomic E-state index is -0.0598. The van der Waals surface area contributed by atoms with E-state index in [0.29, 0.717) is 17.6 Å². The third-order valence-corrected chi connectivity index (χ3v) is 6.15. The smallest absolute Gasteiger partial charge is 0.334 e. The van der Waals surface area contributed by atoms with Crippen molar-refractivity contribution in [2.45, 2.75) is 53.2 Å². The van der Waals surface area contributed by atoms with Crippen molar-refractivity contribution in [3.05, 3.63) is 51.7 Å². The molecule has 29 heavy (non-hydrogen) atoms. The molecule has 0 spiro atoms. The summed E-state index contributed by atoms with van der Waals surface area (Å²) in [6.45, 7) is 10.4. The molecule has 6 nitrogen and oxygen atoms in total. The molecule has 1 aromatic heterocycles. The first-order valence-corrected chi connectivity index (χ1v) is 10.7. The van der Waals surface area contributed by atoms with Gasteiger partial charge in [-0.1, -0.05) is 25.4 Å². The Morgan fingerprint density at radius 1 is 1.17 bits per heavy atom. The van der Waals surface area contributed by atoms with E-state index < -0.39 is 0 Å². The van der Waals surface area contributed by atoms with Crippen LogP contribution in [0.1, 0.15) is 39.3 Å². The standard InChI is InChI=1S/C22H31ClN4O2/c1-15(2)17(4)24-21(28)18-9-11-25(12-10-18)14-26-13-16(3)27(22(26)29)20-7-5-19(23)6-8-20/h5-8,13,15,17-18H,9-12,14H2,1-4H3,(H,24,28). The van der Waals surface area contributed by atoms with Gasteiger partial charge in [0.15, 0.2) is 0 Å². The number of imidazole rings is 1. The second kappa shape index (κ2) is 9.18. The molecule has 1 saturated heterocycles. The molecule has 1 unspecified atom stereocenters. The Labute approximate surface area is 177 Å². The zero-order valence-corrected chi connectivity index (χ0v) is 18.4. The van der Waals surface area contributed by atoms with Gasteiger partial charge in [0.2, 0.25) is 5.91 Å². The van der Waals surface area contributed by atoms with Gasteiger partial charge in [0, 0.05) is 42.0 Å². The number of likely N-dealkylation sites (tertiary alicyclic amines) is 1. The molecule has 1 amide bonds. The molecule has 1 aromatic carbocycles. The second-order valence-corrected chi connectivity index (χ2v) is 8.85. The van der Waals surface area contributed by atoms with Crippen LogP contribution in [0.3, 0.4) is 0 Å². The van der Waals surface area contributed by atoms with Crippen molar-refractivity contribution in [1.29, 1.82) is 0 Å². The van der Waals surface area contributed by atoms with Gasteiger partial charge in [-0.25, -0.2) is 4.79 Å². The Hall–Kier alpha value is -2.05. The summed E-state index contributed by atoms with van der Waals surface area (Å²) in [5.74, 6) is 0.649. The Balaban J connectivity index is 1.61. The summed E-state index contributed by atoms with van der Waals surface area (Å²) in [6, 6.07) is 7.47. The maximum Gasteiger partial charge on any atom is 0.334 e. The summed E-state index contributed by atoms with van der Waals surface area (Å²) in [6.07, 6.45) is 3.53. The molecule has 0 aliphatic carbocycles. The maximum atomic E-state index is 12.9. The Bertz CT molecular complexity index is 893. The number of aryl methyl sites for hydroxylation is 1. The highest BCUT2D eigenvalue weighted by Gasteiger charge is 2.26. The summed E-state index contributed by atoms with van der Waals surface area (Å²) < 4.78 is 3.44. The number of halogens is 1. The van der Waals surface area contributed by atoms with Crippen molar-refractivity contribution < 1.29 is 4.79 Å². The van der Waals surface area contributed by atoms with Crippen LogP contribution in [-0.4, -0.2) is 39.1 Å². The Morgan fingerprint density at radius 3 is 2.38 bits per heavy atom. The highest BCUT2D eigenvalue weighted by molar-refractivity contribution is 6.30. The normalized spacial score (nSPS) is 16.9. The number of aromatic nitrogens is 2. The maximum absolute atomic E-state index is 12.9. The third-order valence-electron chi connectivity index (χ3n) is 5.90. The highest BCUT2D eigenvalue weighted by Crippen LogP contribution is 2.19. The lowest BCUT2D eigenvalue weighted by molar-refractivity contribution is -0.127. The van der Waals surface area contributed by atoms with Crippen LogP contribution in [0.25, 0.3) is 5.69 Å². The predicted octanol–water partition coefficient (Wildman–Crippen LogP) is 3.43. The fraction of sp³-hybridized carbons (Fsp3) is 0.545. The molecule has 0 bridgehead atoms. The van der Waals surface area contributed by atoms with E-state index in [2.05, 4.69) is 31.0 Å². The summed E-state index contributed by atoms with van der Waals surface area (Å²) in [5.41, 5.74) is 1.63. The second-order valence-electron chi connectivity index (χ2n) is 8.41. The molecular weight excluding hydrogens is 388 g/mol. The van der Waals surface area contributed by atoms with Crippen LogP contribution in [-0.2, 0) is 11.5 Å². The zero-order chi connectivity index (χ0) is 21.1. The summed E-state index contributed by atoms with van der Waals surface area (Å²) in [7, 11) is 0. The van der Waals surface area contributed by atoms with Crippen LogP contribution >= 0.6 is 11.6 Å². The molecule has 3 rings (SSSR count). The van der Waals surface area contributed by atoms with Crippen molar-refractivity contribution in [2.24, 2.45) is 11.8 Å². The van der Waals surface area contributed by atoms with E-state index in [4.69, 9.17) is 11.6 Å². The third kappa shape index (κ3) is 5.11. The van der Waals surface area contributed by atoms with Gasteiger partial charge in [0.25, 0.3) is 0 Å². The summed E-state index contributed by atoms with van der Waals surface area (Å²) in [5, 5.41) is 3.78. The molecular formula is C22H31ClN4O2. The predicted molar refractivity (Wildman–Crippen MR) is 117 cm³/mol. The number of hydrogen-bond donors (Lipinski definition) is 1. The zero-order valence-electron chi connectivity index (χ0n) is 17.7. The molecule has 0 saturated carbocycles. The molecule has 1 atom stereocenters. The molecule has 1 N–H and O–H groups in total. The van der Waals surface area contributed by atoms with Crippen LogP contribution in [0, 0.1) is 18.8 Å². The van der Waals surface area contributed by atoms with Crippen LogP contribution in [0.2, 0.25) is 5.02 Å². The molecule has 2 aromatic rings. The van der Waals surface area contributed by atoms with Crippen LogP contribution in [0.5, 0.6) is 0 Å². The van der Waals surface area contributed by atoms with E-state index in [1.165, 1.54) is 0 Å². The average Bonchev–Trinajstić information content (AvgIpc) is 2.96. The number of amides is 1. The topological polar surface area (TPSA) is 59.3 Å². The van der Waals surface area contributed by atoms with Crippen molar-refractivity contribution in [2.75, 3.05) is 13.1 Å². The first-order chi connectivity index (χ1) is 13.8. The van der Waals surface area contributed by atoms with Crippen molar-refractivity contribution in [3.63, 3.8) is 0 Å². The van der Waals surface area contributed by atoms with E-state index in [1.54, 1.807) is 21.3 Å². The number of rotatable bonds is 6. The molecule has 0 radical (unpaired) electrons. The average molecular weight is 419 g/mol.